The largest absolute Gasteiger partial charge is 0.493 e. The molecule has 6 nitrogen and oxygen atoms in total. The molecule has 140 valence electrons. The third-order valence-corrected chi connectivity index (χ3v) is 4.20. The first-order chi connectivity index (χ1) is 12.6. The second kappa shape index (κ2) is 9.68. The van der Waals surface area contributed by atoms with Crippen LogP contribution in [0.25, 0.3) is 0 Å². The Hall–Kier alpha value is -2.73. The number of carbonyl (C=O) groups excluding carboxylic acids is 1. The van der Waals surface area contributed by atoms with Gasteiger partial charge in [-0.15, -0.1) is 0 Å². The summed E-state index contributed by atoms with van der Waals surface area (Å²) in [5.74, 6) is 1.65. The van der Waals surface area contributed by atoms with Gasteiger partial charge in [-0.3, -0.25) is 4.79 Å². The number of methoxy groups -OCH3 is 3. The predicted molar refractivity (Wildman–Crippen MR) is 99.6 cm³/mol. The first-order valence-electron chi connectivity index (χ1n) is 8.52. The summed E-state index contributed by atoms with van der Waals surface area (Å²) in [6, 6.07) is 14.0. The van der Waals surface area contributed by atoms with Gasteiger partial charge in [0, 0.05) is 12.1 Å². The van der Waals surface area contributed by atoms with Gasteiger partial charge >= 0.3 is 0 Å². The van der Waals surface area contributed by atoms with Gasteiger partial charge in [0.25, 0.3) is 5.91 Å². The lowest BCUT2D eigenvalue weighted by Gasteiger charge is -2.15. The topological polar surface area (TPSA) is 73.4 Å². The summed E-state index contributed by atoms with van der Waals surface area (Å²) in [6.07, 6.45) is 0. The van der Waals surface area contributed by atoms with Crippen LogP contribution in [0.3, 0.4) is 0 Å². The van der Waals surface area contributed by atoms with Crippen molar-refractivity contribution in [2.24, 2.45) is 0 Å². The van der Waals surface area contributed by atoms with E-state index in [1.165, 1.54) is 5.56 Å². The minimum absolute atomic E-state index is 0.0264. The highest BCUT2D eigenvalue weighted by atomic mass is 16.5. The Balaban J connectivity index is 1.91. The van der Waals surface area contributed by atoms with Crippen LogP contribution in [0.5, 0.6) is 17.2 Å². The smallest absolute Gasteiger partial charge is 0.275 e. The Bertz CT molecular complexity index is 694. The number of ether oxygens (including phenoxy) is 3. The van der Waals surface area contributed by atoms with Crippen LogP contribution in [0.15, 0.2) is 42.5 Å². The molecule has 0 saturated heterocycles. The second-order valence-corrected chi connectivity index (χ2v) is 5.95. The van der Waals surface area contributed by atoms with Gasteiger partial charge in [0.15, 0.2) is 18.0 Å². The molecule has 2 aromatic carbocycles. The third-order valence-electron chi connectivity index (χ3n) is 4.20. The van der Waals surface area contributed by atoms with Crippen LogP contribution in [0.4, 0.5) is 0 Å². The van der Waals surface area contributed by atoms with E-state index >= 15 is 0 Å². The zero-order chi connectivity index (χ0) is 18.9. The number of quaternary nitrogens is 1. The van der Waals surface area contributed by atoms with E-state index in [0.717, 1.165) is 5.56 Å². The molecule has 1 amide bonds. The average Bonchev–Trinajstić information content (AvgIpc) is 2.69. The van der Waals surface area contributed by atoms with Crippen LogP contribution in [-0.4, -0.2) is 33.8 Å². The highest BCUT2D eigenvalue weighted by Crippen LogP contribution is 2.38. The highest BCUT2D eigenvalue weighted by molar-refractivity contribution is 5.76. The fourth-order valence-corrected chi connectivity index (χ4v) is 2.69. The van der Waals surface area contributed by atoms with Gasteiger partial charge in [0.05, 0.1) is 21.3 Å². The molecule has 2 aromatic rings. The number of amides is 1. The van der Waals surface area contributed by atoms with Crippen molar-refractivity contribution in [3.05, 3.63) is 53.6 Å². The maximum absolute atomic E-state index is 12.2. The zero-order valence-electron chi connectivity index (χ0n) is 15.7. The Morgan fingerprint density at radius 3 is 2.19 bits per heavy atom. The predicted octanol–water partition coefficient (Wildman–Crippen LogP) is 1.65. The van der Waals surface area contributed by atoms with Gasteiger partial charge < -0.3 is 24.8 Å². The molecule has 0 spiro atoms. The first kappa shape index (κ1) is 19.6. The Kier molecular flexibility index (Phi) is 7.29. The third kappa shape index (κ3) is 5.13. The van der Waals surface area contributed by atoms with Crippen molar-refractivity contribution in [2.75, 3.05) is 27.9 Å². The Labute approximate surface area is 154 Å². The molecule has 0 aliphatic heterocycles. The molecule has 6 heteroatoms. The van der Waals surface area contributed by atoms with Gasteiger partial charge in [0.1, 0.15) is 6.04 Å². The Morgan fingerprint density at radius 1 is 1.04 bits per heavy atom. The lowest BCUT2D eigenvalue weighted by Crippen LogP contribution is -2.87. The number of nitrogens with one attached hydrogen (secondary N) is 1. The van der Waals surface area contributed by atoms with Crippen LogP contribution >= 0.6 is 0 Å². The lowest BCUT2D eigenvalue weighted by atomic mass is 10.1. The molecule has 0 radical (unpaired) electrons. The monoisotopic (exact) mass is 359 g/mol. The average molecular weight is 359 g/mol. The number of hydrogen-bond donors (Lipinski definition) is 2. The van der Waals surface area contributed by atoms with Crippen LogP contribution in [0.1, 0.15) is 24.1 Å². The molecule has 0 aliphatic carbocycles. The summed E-state index contributed by atoms with van der Waals surface area (Å²) in [4.78, 5) is 12.2. The molecule has 0 unspecified atom stereocenters. The summed E-state index contributed by atoms with van der Waals surface area (Å²) >= 11 is 0. The normalized spacial score (nSPS) is 11.5. The zero-order valence-corrected chi connectivity index (χ0v) is 15.7. The molecule has 0 aliphatic rings. The standard InChI is InChI=1S/C20H26N2O4/c1-14(16-8-6-5-7-9-16)21-13-19(23)22-12-15-10-17(24-2)20(26-4)18(11-15)25-3/h5-11,14,21H,12-13H2,1-4H3,(H,22,23)/p+1/t14-/m0/s1. The quantitative estimate of drug-likeness (QED) is 0.714. The van der Waals surface area contributed by atoms with Crippen molar-refractivity contribution in [1.82, 2.24) is 5.32 Å². The number of nitrogens with two attached hydrogens (primary N) is 1. The molecule has 3 N–H and O–H groups in total. The van der Waals surface area contributed by atoms with Gasteiger partial charge in [-0.05, 0) is 24.6 Å². The van der Waals surface area contributed by atoms with E-state index in [2.05, 4.69) is 24.4 Å². The first-order valence-corrected chi connectivity index (χ1v) is 8.52. The molecule has 0 saturated carbocycles. The van der Waals surface area contributed by atoms with Gasteiger partial charge in [0.2, 0.25) is 5.75 Å². The van der Waals surface area contributed by atoms with E-state index in [9.17, 15) is 4.79 Å². The fraction of sp³-hybridized carbons (Fsp3) is 0.350. The van der Waals surface area contributed by atoms with Gasteiger partial charge in [-0.2, -0.15) is 0 Å². The molecular weight excluding hydrogens is 332 g/mol. The number of benzene rings is 2. The van der Waals surface area contributed by atoms with Gasteiger partial charge in [-0.1, -0.05) is 30.3 Å². The minimum Gasteiger partial charge on any atom is -0.493 e. The molecule has 26 heavy (non-hydrogen) atoms. The second-order valence-electron chi connectivity index (χ2n) is 5.95. The lowest BCUT2D eigenvalue weighted by molar-refractivity contribution is -0.682. The summed E-state index contributed by atoms with van der Waals surface area (Å²) in [5, 5.41) is 4.94. The number of carbonyl (C=O) groups is 1. The van der Waals surface area contributed by atoms with Crippen LogP contribution in [-0.2, 0) is 11.3 Å². The fourth-order valence-electron chi connectivity index (χ4n) is 2.69. The van der Waals surface area contributed by atoms with Crippen molar-refractivity contribution in [3.63, 3.8) is 0 Å². The SMILES string of the molecule is COc1cc(CNC(=O)C[NH2+][C@@H](C)c2ccccc2)cc(OC)c1OC. The summed E-state index contributed by atoms with van der Waals surface area (Å²) in [5.41, 5.74) is 2.08. The number of hydrogen-bond acceptors (Lipinski definition) is 4. The van der Waals surface area contributed by atoms with Crippen molar-refractivity contribution in [1.29, 1.82) is 0 Å². The highest BCUT2D eigenvalue weighted by Gasteiger charge is 2.14. The maximum atomic E-state index is 12.2. The van der Waals surface area contributed by atoms with E-state index in [-0.39, 0.29) is 11.9 Å². The van der Waals surface area contributed by atoms with E-state index in [1.54, 1.807) is 21.3 Å². The molecule has 0 bridgehead atoms. The van der Waals surface area contributed by atoms with Crippen molar-refractivity contribution in [3.8, 4) is 17.2 Å². The van der Waals surface area contributed by atoms with Crippen molar-refractivity contribution < 1.29 is 24.3 Å². The summed E-state index contributed by atoms with van der Waals surface area (Å²) in [7, 11) is 4.70. The van der Waals surface area contributed by atoms with Crippen LogP contribution in [0, 0.1) is 0 Å². The van der Waals surface area contributed by atoms with E-state index < -0.39 is 0 Å². The van der Waals surface area contributed by atoms with E-state index in [0.29, 0.717) is 30.3 Å². The summed E-state index contributed by atoms with van der Waals surface area (Å²) < 4.78 is 16.0. The molecule has 0 fully saturated rings. The molecular formula is C20H27N2O4+. The molecule has 0 heterocycles. The number of rotatable bonds is 9. The van der Waals surface area contributed by atoms with E-state index in [4.69, 9.17) is 14.2 Å². The van der Waals surface area contributed by atoms with Crippen molar-refractivity contribution in [2.45, 2.75) is 19.5 Å². The van der Waals surface area contributed by atoms with Crippen molar-refractivity contribution >= 4 is 5.91 Å². The molecule has 0 aromatic heterocycles. The molecule has 2 rings (SSSR count). The van der Waals surface area contributed by atoms with Crippen LogP contribution in [0.2, 0.25) is 0 Å². The maximum Gasteiger partial charge on any atom is 0.275 e. The van der Waals surface area contributed by atoms with Crippen LogP contribution < -0.4 is 24.8 Å². The van der Waals surface area contributed by atoms with E-state index in [1.807, 2.05) is 35.6 Å². The Morgan fingerprint density at radius 2 is 1.65 bits per heavy atom. The van der Waals surface area contributed by atoms with Gasteiger partial charge in [-0.25, -0.2) is 0 Å². The molecule has 1 atom stereocenters. The summed E-state index contributed by atoms with van der Waals surface area (Å²) in [6.45, 7) is 2.84. The minimum atomic E-state index is -0.0264.